The normalized spacial score (nSPS) is 13.5. The molecular formula is C30H22BrF2N5O5S. The van der Waals surface area contributed by atoms with Crippen LogP contribution in [0, 0.1) is 21.7 Å². The Morgan fingerprint density at radius 3 is 2.27 bits per heavy atom. The minimum absolute atomic E-state index is 0.0517. The van der Waals surface area contributed by atoms with Gasteiger partial charge in [-0.1, -0.05) is 28.1 Å². The summed E-state index contributed by atoms with van der Waals surface area (Å²) in [6, 6.07) is 13.8. The molecule has 1 saturated heterocycles. The number of anilines is 1. The number of rotatable bonds is 7. The lowest BCUT2D eigenvalue weighted by molar-refractivity contribution is -0.384. The number of non-ortho nitro benzene ring substituents is 1. The van der Waals surface area contributed by atoms with Gasteiger partial charge >= 0.3 is 5.69 Å². The Morgan fingerprint density at radius 2 is 1.61 bits per heavy atom. The predicted octanol–water partition coefficient (Wildman–Crippen LogP) is 5.92. The number of alkyl halides is 1. The first kappa shape index (κ1) is 29.5. The summed E-state index contributed by atoms with van der Waals surface area (Å²) in [6.07, 6.45) is 1.89. The second-order valence-electron chi connectivity index (χ2n) is 10.1. The first-order chi connectivity index (χ1) is 21.2. The second kappa shape index (κ2) is 11.8. The molecule has 1 aliphatic rings. The van der Waals surface area contributed by atoms with E-state index in [9.17, 15) is 33.3 Å². The molecule has 0 radical (unpaired) electrons. The van der Waals surface area contributed by atoms with Gasteiger partial charge in [0.15, 0.2) is 0 Å². The standard InChI is InChI=1S/C30H22BrF2N5O5S/c31-15-19-26-28(40)37(24-8-4-7-23(34-24)35-14-2-1-9-25(35)39)30(41)36(16-20-21(32)5-3-6-22(20)33)29(26)44-27(19)17-10-12-18(13-11-17)38(42)43/h3-8,10-13H,1-2,9,14-16H2. The smallest absolute Gasteiger partial charge is 0.297 e. The summed E-state index contributed by atoms with van der Waals surface area (Å²) < 4.78 is 31.7. The highest BCUT2D eigenvalue weighted by molar-refractivity contribution is 9.08. The molecule has 1 aliphatic heterocycles. The Morgan fingerprint density at radius 1 is 0.932 bits per heavy atom. The third-order valence-electron chi connectivity index (χ3n) is 7.47. The van der Waals surface area contributed by atoms with Crippen molar-refractivity contribution in [3.63, 3.8) is 0 Å². The van der Waals surface area contributed by atoms with E-state index in [-0.39, 0.29) is 44.3 Å². The molecular weight excluding hydrogens is 660 g/mol. The maximum atomic E-state index is 14.9. The average molecular weight is 683 g/mol. The number of piperidine rings is 1. The van der Waals surface area contributed by atoms with Gasteiger partial charge in [-0.25, -0.2) is 23.1 Å². The van der Waals surface area contributed by atoms with Crippen molar-refractivity contribution in [2.75, 3.05) is 11.4 Å². The summed E-state index contributed by atoms with van der Waals surface area (Å²) in [4.78, 5) is 58.3. The first-order valence-corrected chi connectivity index (χ1v) is 15.5. The molecule has 0 spiro atoms. The molecule has 0 saturated carbocycles. The molecule has 0 N–H and O–H groups in total. The zero-order chi connectivity index (χ0) is 31.1. The summed E-state index contributed by atoms with van der Waals surface area (Å²) in [6.45, 7) is -0.0861. The van der Waals surface area contributed by atoms with E-state index < -0.39 is 34.4 Å². The summed E-state index contributed by atoms with van der Waals surface area (Å²) >= 11 is 4.51. The van der Waals surface area contributed by atoms with Crippen molar-refractivity contribution >= 4 is 54.9 Å². The number of nitro benzene ring substituents is 1. The molecule has 4 heterocycles. The number of hydrogen-bond acceptors (Lipinski definition) is 7. The number of thiophene rings is 1. The van der Waals surface area contributed by atoms with Crippen LogP contribution in [0.3, 0.4) is 0 Å². The highest BCUT2D eigenvalue weighted by Gasteiger charge is 2.26. The molecule has 0 bridgehead atoms. The van der Waals surface area contributed by atoms with Crippen molar-refractivity contribution in [1.82, 2.24) is 14.1 Å². The number of halogens is 3. The van der Waals surface area contributed by atoms with E-state index >= 15 is 0 Å². The van der Waals surface area contributed by atoms with Gasteiger partial charge in [-0.05, 0) is 60.4 Å². The van der Waals surface area contributed by atoms with Crippen molar-refractivity contribution in [2.45, 2.75) is 31.1 Å². The van der Waals surface area contributed by atoms with Crippen LogP contribution in [0.15, 0.2) is 70.3 Å². The molecule has 3 aromatic heterocycles. The quantitative estimate of drug-likeness (QED) is 0.119. The number of carbonyl (C=O) groups is 1. The first-order valence-electron chi connectivity index (χ1n) is 13.5. The molecule has 1 fully saturated rings. The van der Waals surface area contributed by atoms with Crippen LogP contribution in [0.5, 0.6) is 0 Å². The molecule has 2 aromatic carbocycles. The molecule has 5 aromatic rings. The summed E-state index contributed by atoms with van der Waals surface area (Å²) in [5.74, 6) is -1.62. The van der Waals surface area contributed by atoms with Crippen molar-refractivity contribution in [3.8, 4) is 16.3 Å². The Balaban J connectivity index is 1.63. The number of aromatic nitrogens is 3. The van der Waals surface area contributed by atoms with Gasteiger partial charge in [0, 0.05) is 40.9 Å². The van der Waals surface area contributed by atoms with E-state index in [4.69, 9.17) is 0 Å². The predicted molar refractivity (Wildman–Crippen MR) is 166 cm³/mol. The number of fused-ring (bicyclic) bond motifs is 1. The van der Waals surface area contributed by atoms with E-state index in [1.165, 1.54) is 41.3 Å². The summed E-state index contributed by atoms with van der Waals surface area (Å²) in [7, 11) is 0. The van der Waals surface area contributed by atoms with Crippen LogP contribution in [0.25, 0.3) is 26.5 Å². The highest BCUT2D eigenvalue weighted by Crippen LogP contribution is 2.39. The topological polar surface area (TPSA) is 120 Å². The van der Waals surface area contributed by atoms with Gasteiger partial charge in [0.25, 0.3) is 11.2 Å². The number of amides is 1. The largest absolute Gasteiger partial charge is 0.338 e. The monoisotopic (exact) mass is 681 g/mol. The minimum Gasteiger partial charge on any atom is -0.297 e. The summed E-state index contributed by atoms with van der Waals surface area (Å²) in [5, 5.41) is 11.5. The van der Waals surface area contributed by atoms with Gasteiger partial charge in [-0.15, -0.1) is 11.3 Å². The fraction of sp³-hybridized carbons (Fsp3) is 0.200. The van der Waals surface area contributed by atoms with Crippen molar-refractivity contribution in [3.05, 3.63) is 114 Å². The number of nitro groups is 1. The molecule has 0 unspecified atom stereocenters. The Bertz CT molecular complexity index is 2060. The van der Waals surface area contributed by atoms with Crippen LogP contribution in [0.1, 0.15) is 30.4 Å². The third-order valence-corrected chi connectivity index (χ3v) is 9.34. The fourth-order valence-electron chi connectivity index (χ4n) is 5.28. The molecule has 44 heavy (non-hydrogen) atoms. The SMILES string of the molecule is O=C1CCCCN1c1cccc(-n2c(=O)c3c(CBr)c(-c4ccc([N+](=O)[O-])cc4)sc3n(Cc3c(F)cccc3F)c2=O)n1. The molecule has 10 nitrogen and oxygen atoms in total. The average Bonchev–Trinajstić information content (AvgIpc) is 3.41. The number of hydrogen-bond donors (Lipinski definition) is 0. The fourth-order valence-corrected chi connectivity index (χ4v) is 7.34. The molecule has 6 rings (SSSR count). The van der Waals surface area contributed by atoms with Crippen LogP contribution >= 0.6 is 27.3 Å². The second-order valence-corrected chi connectivity index (χ2v) is 11.7. The molecule has 14 heteroatoms. The van der Waals surface area contributed by atoms with E-state index in [1.54, 1.807) is 12.1 Å². The van der Waals surface area contributed by atoms with E-state index in [1.807, 2.05) is 0 Å². The minimum atomic E-state index is -0.877. The Kier molecular flexibility index (Phi) is 7.95. The van der Waals surface area contributed by atoms with Crippen molar-refractivity contribution in [2.24, 2.45) is 0 Å². The maximum absolute atomic E-state index is 14.9. The van der Waals surface area contributed by atoms with Crippen LogP contribution in [0.2, 0.25) is 0 Å². The summed E-state index contributed by atoms with van der Waals surface area (Å²) in [5.41, 5.74) is -1.03. The van der Waals surface area contributed by atoms with Gasteiger partial charge in [-0.3, -0.25) is 29.2 Å². The lowest BCUT2D eigenvalue weighted by atomic mass is 10.1. The number of benzene rings is 2. The van der Waals surface area contributed by atoms with Crippen molar-refractivity contribution in [1.29, 1.82) is 0 Å². The number of pyridine rings is 1. The number of nitrogens with zero attached hydrogens (tertiary/aromatic N) is 5. The zero-order valence-electron chi connectivity index (χ0n) is 22.8. The molecule has 1 amide bonds. The maximum Gasteiger partial charge on any atom is 0.338 e. The molecule has 0 atom stereocenters. The van der Waals surface area contributed by atoms with Crippen LogP contribution in [-0.4, -0.2) is 31.5 Å². The lowest BCUT2D eigenvalue weighted by Gasteiger charge is -2.26. The van der Waals surface area contributed by atoms with Gasteiger partial charge in [0.2, 0.25) is 5.91 Å². The highest BCUT2D eigenvalue weighted by atomic mass is 79.9. The lowest BCUT2D eigenvalue weighted by Crippen LogP contribution is -2.40. The zero-order valence-corrected chi connectivity index (χ0v) is 25.2. The van der Waals surface area contributed by atoms with Crippen LogP contribution < -0.4 is 16.1 Å². The van der Waals surface area contributed by atoms with Gasteiger partial charge in [-0.2, -0.15) is 0 Å². The third kappa shape index (κ3) is 5.13. The van der Waals surface area contributed by atoms with Crippen LogP contribution in [-0.2, 0) is 16.7 Å². The molecule has 224 valence electrons. The van der Waals surface area contributed by atoms with E-state index in [0.29, 0.717) is 29.0 Å². The Labute approximate surface area is 260 Å². The van der Waals surface area contributed by atoms with Gasteiger partial charge in [0.1, 0.15) is 28.1 Å². The molecule has 0 aliphatic carbocycles. The Hall–Kier alpha value is -4.56. The van der Waals surface area contributed by atoms with Crippen molar-refractivity contribution < 1.29 is 18.5 Å². The van der Waals surface area contributed by atoms with E-state index in [0.717, 1.165) is 45.4 Å². The van der Waals surface area contributed by atoms with Gasteiger partial charge in [0.05, 0.1) is 16.9 Å². The van der Waals surface area contributed by atoms with Gasteiger partial charge < -0.3 is 0 Å². The van der Waals surface area contributed by atoms with Crippen LogP contribution in [0.4, 0.5) is 20.3 Å². The number of carbonyl (C=O) groups excluding carboxylic acids is 1. The van der Waals surface area contributed by atoms with E-state index in [2.05, 4.69) is 20.9 Å².